The van der Waals surface area contributed by atoms with Crippen LogP contribution in [0.3, 0.4) is 0 Å². The minimum atomic E-state index is -0.943. The highest BCUT2D eigenvalue weighted by molar-refractivity contribution is 5.94. The van der Waals surface area contributed by atoms with Gasteiger partial charge in [-0.1, -0.05) is 72.8 Å². The molecular formula is C50H47N7O9. The summed E-state index contributed by atoms with van der Waals surface area (Å²) in [5.41, 5.74) is 11.2. The van der Waals surface area contributed by atoms with Crippen LogP contribution in [0.5, 0.6) is 0 Å². The number of benzene rings is 4. The van der Waals surface area contributed by atoms with E-state index >= 15 is 0 Å². The molecular weight excluding hydrogens is 843 g/mol. The van der Waals surface area contributed by atoms with Gasteiger partial charge < -0.3 is 15.2 Å². The fraction of sp³-hybridized carbons (Fsp3) is 0.260. The third-order valence-corrected chi connectivity index (χ3v) is 12.1. The molecule has 0 unspecified atom stereocenters. The van der Waals surface area contributed by atoms with E-state index in [0.717, 1.165) is 59.6 Å². The molecule has 4 heterocycles. The van der Waals surface area contributed by atoms with Gasteiger partial charge in [-0.15, -0.1) is 0 Å². The summed E-state index contributed by atoms with van der Waals surface area (Å²) in [5, 5.41) is 33.7. The lowest BCUT2D eigenvalue weighted by atomic mass is 9.98. The van der Waals surface area contributed by atoms with E-state index in [4.69, 9.17) is 9.84 Å². The van der Waals surface area contributed by atoms with E-state index in [1.807, 2.05) is 36.4 Å². The summed E-state index contributed by atoms with van der Waals surface area (Å²) in [6.45, 7) is 4.83. The molecule has 1 amide bonds. The molecule has 66 heavy (non-hydrogen) atoms. The van der Waals surface area contributed by atoms with Crippen molar-refractivity contribution in [1.82, 2.24) is 25.1 Å². The van der Waals surface area contributed by atoms with E-state index in [2.05, 4.69) is 49.4 Å². The summed E-state index contributed by atoms with van der Waals surface area (Å²) in [6.07, 6.45) is 4.83. The number of nitrogens with one attached hydrogen (secondary N) is 1. The number of carbonyl (C=O) groups excluding carboxylic acids is 2. The molecule has 0 radical (unpaired) electrons. The topological polar surface area (TPSA) is 211 Å². The van der Waals surface area contributed by atoms with Crippen molar-refractivity contribution in [2.75, 3.05) is 26.2 Å². The van der Waals surface area contributed by atoms with Gasteiger partial charge in [0.25, 0.3) is 17.3 Å². The molecule has 0 spiro atoms. The third kappa shape index (κ3) is 10.8. The third-order valence-electron chi connectivity index (χ3n) is 12.1. The molecule has 1 aliphatic carbocycles. The zero-order chi connectivity index (χ0) is 46.2. The maximum Gasteiger partial charge on any atom is 0.335 e. The maximum atomic E-state index is 12.6. The number of esters is 1. The van der Waals surface area contributed by atoms with Crippen LogP contribution >= 0.6 is 0 Å². The molecule has 9 rings (SSSR count). The minimum absolute atomic E-state index is 0.00856. The van der Waals surface area contributed by atoms with Crippen LogP contribution < -0.4 is 5.32 Å². The Morgan fingerprint density at radius 2 is 1.18 bits per heavy atom. The van der Waals surface area contributed by atoms with E-state index in [-0.39, 0.29) is 41.2 Å². The van der Waals surface area contributed by atoms with Crippen molar-refractivity contribution in [3.05, 3.63) is 198 Å². The zero-order valence-electron chi connectivity index (χ0n) is 36.0. The number of carboxylic acid groups (broad SMARTS) is 1. The quantitative estimate of drug-likeness (QED) is 0.0466. The van der Waals surface area contributed by atoms with Crippen LogP contribution in [-0.2, 0) is 48.6 Å². The molecule has 3 aliphatic rings. The Balaban J connectivity index is 0.000000216. The molecule has 0 saturated carbocycles. The first kappa shape index (κ1) is 44.9. The number of carbonyl (C=O) groups is 3. The van der Waals surface area contributed by atoms with Crippen molar-refractivity contribution in [2.24, 2.45) is 0 Å². The molecule has 2 aliphatic heterocycles. The summed E-state index contributed by atoms with van der Waals surface area (Å²) in [7, 11) is 0. The number of aromatic nitrogens is 2. The monoisotopic (exact) mass is 889 g/mol. The smallest absolute Gasteiger partial charge is 0.335 e. The van der Waals surface area contributed by atoms with Gasteiger partial charge in [-0.25, -0.2) is 4.79 Å². The number of hydrogen-bond donors (Lipinski definition) is 2. The number of nitrogens with zero attached hydrogens (tertiary/aromatic N) is 6. The second-order valence-electron chi connectivity index (χ2n) is 16.5. The number of fused-ring (bicyclic) bond motifs is 5. The highest BCUT2D eigenvalue weighted by atomic mass is 16.6. The molecule has 16 nitrogen and oxygen atoms in total. The fourth-order valence-corrected chi connectivity index (χ4v) is 8.67. The molecule has 2 N–H and O–H groups in total. The zero-order valence-corrected chi connectivity index (χ0v) is 36.0. The van der Waals surface area contributed by atoms with Gasteiger partial charge in [0, 0.05) is 100 Å². The summed E-state index contributed by atoms with van der Waals surface area (Å²) in [6, 6.07) is 33.9. The number of hydrogen-bond acceptors (Lipinski definition) is 12. The van der Waals surface area contributed by atoms with Gasteiger partial charge in [0.15, 0.2) is 0 Å². The number of ether oxygens (including phenoxy) is 1. The van der Waals surface area contributed by atoms with Gasteiger partial charge in [0.05, 0.1) is 15.4 Å². The lowest BCUT2D eigenvalue weighted by molar-refractivity contribution is -0.385. The highest BCUT2D eigenvalue weighted by Gasteiger charge is 2.29. The van der Waals surface area contributed by atoms with Crippen molar-refractivity contribution in [2.45, 2.75) is 57.8 Å². The van der Waals surface area contributed by atoms with E-state index < -0.39 is 15.8 Å². The predicted octanol–water partition coefficient (Wildman–Crippen LogP) is 7.66. The van der Waals surface area contributed by atoms with Gasteiger partial charge in [0.1, 0.15) is 19.0 Å². The molecule has 336 valence electrons. The van der Waals surface area contributed by atoms with Crippen LogP contribution in [0, 0.1) is 20.2 Å². The van der Waals surface area contributed by atoms with Crippen LogP contribution in [0.25, 0.3) is 11.1 Å². The van der Waals surface area contributed by atoms with Crippen LogP contribution in [0.4, 0.5) is 11.4 Å². The van der Waals surface area contributed by atoms with Crippen molar-refractivity contribution in [3.63, 3.8) is 0 Å². The van der Waals surface area contributed by atoms with Gasteiger partial charge in [-0.3, -0.25) is 49.6 Å². The Bertz CT molecular complexity index is 2740. The maximum absolute atomic E-state index is 12.6. The fourth-order valence-electron chi connectivity index (χ4n) is 8.67. The highest BCUT2D eigenvalue weighted by Crippen LogP contribution is 2.44. The lowest BCUT2D eigenvalue weighted by Crippen LogP contribution is -2.30. The second kappa shape index (κ2) is 20.4. The van der Waals surface area contributed by atoms with Gasteiger partial charge >= 0.3 is 11.9 Å². The van der Waals surface area contributed by atoms with Crippen LogP contribution in [0.1, 0.15) is 84.2 Å². The van der Waals surface area contributed by atoms with Crippen LogP contribution in [0.15, 0.2) is 122 Å². The van der Waals surface area contributed by atoms with E-state index in [9.17, 15) is 34.6 Å². The Morgan fingerprint density at radius 1 is 0.697 bits per heavy atom. The number of carboxylic acids is 1. The average Bonchev–Trinajstić information content (AvgIpc) is 3.65. The van der Waals surface area contributed by atoms with E-state index in [1.165, 1.54) is 34.6 Å². The van der Waals surface area contributed by atoms with Crippen molar-refractivity contribution in [1.29, 1.82) is 0 Å². The summed E-state index contributed by atoms with van der Waals surface area (Å²) in [5.74, 6) is -1.37. The summed E-state index contributed by atoms with van der Waals surface area (Å²) < 4.78 is 5.65. The standard InChI is InChI=1S/C34H32N4O5.C16H15N3O4/c39-33(43-22-31-29-8-3-1-6-27(29)28-7-2-4-9-30(28)31)10-5-16-35-34(40)24-13-11-23(12-14-24)20-37-17-15-32-25(21-37)18-26(19-36-32)38(41)42;20-16(21)12-3-1-11(2-4-12)9-18-6-5-15-13(10-18)7-14(8-17-15)19(22)23/h1-4,6-9,11-14,18-19,31H,5,10,15-17,20-22H2,(H,35,40);1-4,7-8H,5-6,9-10H2,(H,20,21). The minimum Gasteiger partial charge on any atom is -0.478 e. The van der Waals surface area contributed by atoms with Gasteiger partial charge in [0.2, 0.25) is 0 Å². The number of rotatable bonds is 14. The van der Waals surface area contributed by atoms with E-state index in [1.54, 1.807) is 48.5 Å². The van der Waals surface area contributed by atoms with Gasteiger partial charge in [-0.05, 0) is 75.2 Å². The molecule has 6 aromatic rings. The van der Waals surface area contributed by atoms with Crippen molar-refractivity contribution < 1.29 is 34.1 Å². The number of nitro groups is 2. The van der Waals surface area contributed by atoms with Crippen molar-refractivity contribution >= 4 is 29.2 Å². The molecule has 16 heteroatoms. The van der Waals surface area contributed by atoms with Gasteiger partial charge in [-0.2, -0.15) is 0 Å². The van der Waals surface area contributed by atoms with Crippen LogP contribution in [-0.4, -0.2) is 78.8 Å². The Kier molecular flexibility index (Phi) is 13.9. The normalized spacial score (nSPS) is 14.1. The van der Waals surface area contributed by atoms with Crippen molar-refractivity contribution in [3.8, 4) is 11.1 Å². The number of pyridine rings is 2. The SMILES string of the molecule is O=C(CCCNC(=O)c1ccc(CN2CCc3ncc([N+](=O)[O-])cc3C2)cc1)OCC1c2ccccc2-c2ccccc21.O=C(O)c1ccc(CN2CCc3ncc([N+](=O)[O-])cc3C2)cc1. The first-order chi connectivity index (χ1) is 32.0. The molecule has 0 saturated heterocycles. The first-order valence-electron chi connectivity index (χ1n) is 21.7. The summed E-state index contributed by atoms with van der Waals surface area (Å²) >= 11 is 0. The summed E-state index contributed by atoms with van der Waals surface area (Å²) in [4.78, 5) is 69.9. The second-order valence-corrected chi connectivity index (χ2v) is 16.5. The average molecular weight is 890 g/mol. The molecule has 4 aromatic carbocycles. The van der Waals surface area contributed by atoms with Crippen LogP contribution in [0.2, 0.25) is 0 Å². The number of aromatic carboxylic acids is 1. The molecule has 0 bridgehead atoms. The number of amides is 1. The molecule has 0 fully saturated rings. The predicted molar refractivity (Wildman–Crippen MR) is 244 cm³/mol. The van der Waals surface area contributed by atoms with E-state index in [0.29, 0.717) is 51.3 Å². The first-order valence-corrected chi connectivity index (χ1v) is 21.7. The Hall–Kier alpha value is -7.69. The Morgan fingerprint density at radius 3 is 1.67 bits per heavy atom. The Labute approximate surface area is 380 Å². The largest absolute Gasteiger partial charge is 0.478 e. The molecule has 0 atom stereocenters. The lowest BCUT2D eigenvalue weighted by Gasteiger charge is -2.27. The molecule has 2 aromatic heterocycles.